The van der Waals surface area contributed by atoms with E-state index < -0.39 is 0 Å². The van der Waals surface area contributed by atoms with Crippen molar-refractivity contribution in [3.8, 4) is 5.75 Å². The highest BCUT2D eigenvalue weighted by molar-refractivity contribution is 8.00. The second-order valence-corrected chi connectivity index (χ2v) is 8.36. The summed E-state index contributed by atoms with van der Waals surface area (Å²) in [5, 5.41) is 2.84. The molecule has 0 aliphatic carbocycles. The predicted octanol–water partition coefficient (Wildman–Crippen LogP) is 5.05. The fourth-order valence-electron chi connectivity index (χ4n) is 3.61. The zero-order valence-electron chi connectivity index (χ0n) is 17.3. The third-order valence-electron chi connectivity index (χ3n) is 5.14. The van der Waals surface area contributed by atoms with Crippen LogP contribution in [0.15, 0.2) is 78.9 Å². The minimum Gasteiger partial charge on any atom is -0.497 e. The van der Waals surface area contributed by atoms with E-state index in [0.29, 0.717) is 24.3 Å². The number of ether oxygens (including phenoxy) is 1. The average Bonchev–Trinajstić information content (AvgIpc) is 3.20. The molecule has 0 unspecified atom stereocenters. The smallest absolute Gasteiger partial charge is 0.238 e. The van der Waals surface area contributed by atoms with Crippen molar-refractivity contribution in [1.29, 1.82) is 0 Å². The van der Waals surface area contributed by atoms with Crippen LogP contribution in [0.2, 0.25) is 0 Å². The van der Waals surface area contributed by atoms with Crippen molar-refractivity contribution in [2.24, 2.45) is 0 Å². The molecule has 1 heterocycles. The van der Waals surface area contributed by atoms with Crippen molar-refractivity contribution < 1.29 is 14.3 Å². The molecule has 0 bridgehead atoms. The molecule has 3 aromatic carbocycles. The van der Waals surface area contributed by atoms with E-state index in [9.17, 15) is 9.59 Å². The zero-order valence-corrected chi connectivity index (χ0v) is 18.1. The van der Waals surface area contributed by atoms with Gasteiger partial charge in [-0.2, -0.15) is 0 Å². The maximum atomic E-state index is 12.6. The van der Waals surface area contributed by atoms with Gasteiger partial charge in [-0.3, -0.25) is 14.5 Å². The van der Waals surface area contributed by atoms with Gasteiger partial charge in [0.05, 0.1) is 12.9 Å². The molecule has 6 heteroatoms. The van der Waals surface area contributed by atoms with Crippen molar-refractivity contribution in [3.63, 3.8) is 0 Å². The minimum atomic E-state index is -0.152. The first kappa shape index (κ1) is 21.0. The first-order valence-electron chi connectivity index (χ1n) is 10.2. The molecule has 0 saturated carbocycles. The molecule has 3 aromatic rings. The number of nitrogens with zero attached hydrogens (tertiary/aromatic N) is 1. The van der Waals surface area contributed by atoms with Crippen LogP contribution in [-0.4, -0.2) is 24.7 Å². The summed E-state index contributed by atoms with van der Waals surface area (Å²) in [6, 6.07) is 25.2. The van der Waals surface area contributed by atoms with Gasteiger partial charge in [-0.05, 0) is 41.8 Å². The van der Waals surface area contributed by atoms with Gasteiger partial charge in [0.1, 0.15) is 11.1 Å². The molecule has 1 atom stereocenters. The zero-order chi connectivity index (χ0) is 21.6. The quantitative estimate of drug-likeness (QED) is 0.568. The molecule has 0 aromatic heterocycles. The monoisotopic (exact) mass is 432 g/mol. The molecular weight excluding hydrogens is 408 g/mol. The van der Waals surface area contributed by atoms with Gasteiger partial charge in [0.2, 0.25) is 11.8 Å². The third-order valence-corrected chi connectivity index (χ3v) is 6.35. The molecule has 31 heavy (non-hydrogen) atoms. The van der Waals surface area contributed by atoms with Crippen LogP contribution >= 0.6 is 11.8 Å². The van der Waals surface area contributed by atoms with Gasteiger partial charge in [-0.25, -0.2) is 0 Å². The Balaban J connectivity index is 1.47. The third kappa shape index (κ3) is 5.09. The van der Waals surface area contributed by atoms with E-state index in [1.807, 2.05) is 78.9 Å². The van der Waals surface area contributed by atoms with Crippen LogP contribution in [0.3, 0.4) is 0 Å². The number of rotatable bonds is 7. The summed E-state index contributed by atoms with van der Waals surface area (Å²) in [5.41, 5.74) is 3.65. The van der Waals surface area contributed by atoms with E-state index in [2.05, 4.69) is 5.32 Å². The molecule has 0 spiro atoms. The molecule has 1 saturated heterocycles. The Morgan fingerprint density at radius 2 is 1.87 bits per heavy atom. The van der Waals surface area contributed by atoms with Crippen LogP contribution in [0, 0.1) is 0 Å². The highest BCUT2D eigenvalue weighted by Crippen LogP contribution is 2.42. The highest BCUT2D eigenvalue weighted by Gasteiger charge is 2.34. The standard InChI is InChI=1S/C25H24N2O3S/c1-30-22-12-6-11-21(16-22)27-24(29)17-31-25(27)19-9-5-10-20(15-19)26-23(28)14-13-18-7-3-2-4-8-18/h2-12,15-16,25H,13-14,17H2,1H3,(H,26,28)/t25-/m0/s1. The second-order valence-electron chi connectivity index (χ2n) is 7.29. The Morgan fingerprint density at radius 1 is 1.06 bits per heavy atom. The first-order chi connectivity index (χ1) is 15.1. The number of methoxy groups -OCH3 is 1. The summed E-state index contributed by atoms with van der Waals surface area (Å²) >= 11 is 1.58. The Bertz CT molecular complexity index is 1070. The van der Waals surface area contributed by atoms with Gasteiger partial charge in [-0.15, -0.1) is 11.8 Å². The molecular formula is C25H24N2O3S. The lowest BCUT2D eigenvalue weighted by Crippen LogP contribution is -2.27. The summed E-state index contributed by atoms with van der Waals surface area (Å²) in [5.74, 6) is 1.15. The van der Waals surface area contributed by atoms with E-state index in [4.69, 9.17) is 4.74 Å². The van der Waals surface area contributed by atoms with Gasteiger partial charge in [-0.1, -0.05) is 48.5 Å². The van der Waals surface area contributed by atoms with Crippen molar-refractivity contribution in [2.45, 2.75) is 18.2 Å². The number of carbonyl (C=O) groups is 2. The van der Waals surface area contributed by atoms with E-state index in [1.165, 1.54) is 0 Å². The topological polar surface area (TPSA) is 58.6 Å². The lowest BCUT2D eigenvalue weighted by molar-refractivity contribution is -0.116. The van der Waals surface area contributed by atoms with E-state index in [0.717, 1.165) is 22.5 Å². The largest absolute Gasteiger partial charge is 0.497 e. The fourth-order valence-corrected chi connectivity index (χ4v) is 4.77. The van der Waals surface area contributed by atoms with Crippen LogP contribution in [-0.2, 0) is 16.0 Å². The fraction of sp³-hybridized carbons (Fsp3) is 0.200. The average molecular weight is 433 g/mol. The molecule has 1 N–H and O–H groups in total. The minimum absolute atomic E-state index is 0.0270. The number of anilines is 2. The first-order valence-corrected chi connectivity index (χ1v) is 11.2. The van der Waals surface area contributed by atoms with E-state index in [-0.39, 0.29) is 17.2 Å². The number of aryl methyl sites for hydroxylation is 1. The normalized spacial score (nSPS) is 15.7. The van der Waals surface area contributed by atoms with Crippen LogP contribution in [0.5, 0.6) is 5.75 Å². The van der Waals surface area contributed by atoms with Crippen molar-refractivity contribution in [2.75, 3.05) is 23.1 Å². The Kier molecular flexibility index (Phi) is 6.57. The van der Waals surface area contributed by atoms with Crippen LogP contribution < -0.4 is 15.0 Å². The molecule has 5 nitrogen and oxygen atoms in total. The van der Waals surface area contributed by atoms with Gasteiger partial charge < -0.3 is 10.1 Å². The summed E-state index contributed by atoms with van der Waals surface area (Å²) < 4.78 is 5.32. The van der Waals surface area contributed by atoms with Crippen LogP contribution in [0.25, 0.3) is 0 Å². The van der Waals surface area contributed by atoms with Gasteiger partial charge in [0, 0.05) is 23.9 Å². The SMILES string of the molecule is COc1cccc(N2C(=O)CS[C@H]2c2cccc(NC(=O)CCc3ccccc3)c2)c1. The highest BCUT2D eigenvalue weighted by atomic mass is 32.2. The predicted molar refractivity (Wildman–Crippen MR) is 126 cm³/mol. The summed E-state index contributed by atoms with van der Waals surface area (Å²) in [7, 11) is 1.61. The molecule has 1 aliphatic rings. The number of hydrogen-bond acceptors (Lipinski definition) is 4. The Labute approximate surface area is 186 Å². The van der Waals surface area contributed by atoms with Crippen molar-refractivity contribution in [1.82, 2.24) is 0 Å². The summed E-state index contributed by atoms with van der Waals surface area (Å²) in [4.78, 5) is 26.9. The van der Waals surface area contributed by atoms with Crippen LogP contribution in [0.4, 0.5) is 11.4 Å². The number of nitrogens with one attached hydrogen (secondary N) is 1. The number of benzene rings is 3. The van der Waals surface area contributed by atoms with Gasteiger partial charge in [0.15, 0.2) is 0 Å². The molecule has 1 aliphatic heterocycles. The van der Waals surface area contributed by atoms with Gasteiger partial charge in [0.25, 0.3) is 0 Å². The van der Waals surface area contributed by atoms with Crippen LogP contribution in [0.1, 0.15) is 22.9 Å². The summed E-state index contributed by atoms with van der Waals surface area (Å²) in [6.07, 6.45) is 1.11. The number of thioether (sulfide) groups is 1. The molecule has 158 valence electrons. The van der Waals surface area contributed by atoms with Crippen molar-refractivity contribution >= 4 is 35.0 Å². The van der Waals surface area contributed by atoms with E-state index in [1.54, 1.807) is 23.8 Å². The Morgan fingerprint density at radius 3 is 2.68 bits per heavy atom. The molecule has 0 radical (unpaired) electrons. The molecule has 2 amide bonds. The van der Waals surface area contributed by atoms with Crippen molar-refractivity contribution in [3.05, 3.63) is 90.0 Å². The lowest BCUT2D eigenvalue weighted by Gasteiger charge is -2.25. The van der Waals surface area contributed by atoms with Gasteiger partial charge >= 0.3 is 0 Å². The summed E-state index contributed by atoms with van der Waals surface area (Å²) in [6.45, 7) is 0. The number of amides is 2. The number of hydrogen-bond donors (Lipinski definition) is 1. The Hall–Kier alpha value is -3.25. The lowest BCUT2D eigenvalue weighted by atomic mass is 10.1. The second kappa shape index (κ2) is 9.71. The van der Waals surface area contributed by atoms with E-state index >= 15 is 0 Å². The molecule has 4 rings (SSSR count). The number of carbonyl (C=O) groups excluding carboxylic acids is 2. The maximum absolute atomic E-state index is 12.6. The molecule has 1 fully saturated rings. The maximum Gasteiger partial charge on any atom is 0.238 e.